The summed E-state index contributed by atoms with van der Waals surface area (Å²) in [6.45, 7) is 1.63. The summed E-state index contributed by atoms with van der Waals surface area (Å²) in [5.74, 6) is -0.558. The van der Waals surface area contributed by atoms with Crippen LogP contribution in [0.25, 0.3) is 0 Å². The van der Waals surface area contributed by atoms with Crippen LogP contribution in [0, 0.1) is 27.2 Å². The molecule has 0 aliphatic heterocycles. The summed E-state index contributed by atoms with van der Waals surface area (Å²) >= 11 is 0. The van der Waals surface area contributed by atoms with Crippen molar-refractivity contribution >= 4 is 21.2 Å². The van der Waals surface area contributed by atoms with E-state index in [1.165, 1.54) is 12.1 Å². The molecule has 23 heavy (non-hydrogen) atoms. The van der Waals surface area contributed by atoms with Crippen LogP contribution in [0.3, 0.4) is 0 Å². The number of aryl methyl sites for hydroxylation is 1. The standard InChI is InChI=1S/C13H10N2O7S/c1-8-2-4-13(11(16)6-8)23(21,22)12-5-3-9(14(17)18)7-10(12)15(19)20/h2-7,16H,1H3. The van der Waals surface area contributed by atoms with Gasteiger partial charge in [0.2, 0.25) is 9.84 Å². The van der Waals surface area contributed by atoms with Gasteiger partial charge in [-0.2, -0.15) is 0 Å². The van der Waals surface area contributed by atoms with Gasteiger partial charge in [-0.3, -0.25) is 20.2 Å². The summed E-state index contributed by atoms with van der Waals surface area (Å²) < 4.78 is 25.1. The molecule has 2 aromatic rings. The number of nitro groups is 2. The van der Waals surface area contributed by atoms with E-state index in [0.717, 1.165) is 18.2 Å². The first kappa shape index (κ1) is 16.4. The number of phenols is 1. The van der Waals surface area contributed by atoms with Gasteiger partial charge in [-0.05, 0) is 30.7 Å². The quantitative estimate of drug-likeness (QED) is 0.666. The van der Waals surface area contributed by atoms with Crippen molar-refractivity contribution in [1.29, 1.82) is 0 Å². The van der Waals surface area contributed by atoms with Crippen molar-refractivity contribution < 1.29 is 23.4 Å². The monoisotopic (exact) mass is 338 g/mol. The lowest BCUT2D eigenvalue weighted by atomic mass is 10.2. The van der Waals surface area contributed by atoms with E-state index in [4.69, 9.17) is 0 Å². The summed E-state index contributed by atoms with van der Waals surface area (Å²) in [4.78, 5) is 18.6. The molecule has 0 spiro atoms. The second-order valence-electron chi connectivity index (χ2n) is 4.64. The highest BCUT2D eigenvalue weighted by molar-refractivity contribution is 7.91. The van der Waals surface area contributed by atoms with E-state index in [0.29, 0.717) is 11.6 Å². The molecule has 0 aliphatic carbocycles. The fourth-order valence-electron chi connectivity index (χ4n) is 1.96. The third kappa shape index (κ3) is 2.97. The first-order valence-corrected chi connectivity index (χ1v) is 7.60. The number of nitro benzene ring substituents is 2. The second kappa shape index (κ2) is 5.65. The fourth-order valence-corrected chi connectivity index (χ4v) is 3.44. The van der Waals surface area contributed by atoms with E-state index in [1.54, 1.807) is 6.92 Å². The molecule has 9 nitrogen and oxygen atoms in total. The second-order valence-corrected chi connectivity index (χ2v) is 6.53. The number of hydrogen-bond donors (Lipinski definition) is 1. The lowest BCUT2D eigenvalue weighted by Gasteiger charge is -2.08. The van der Waals surface area contributed by atoms with Crippen LogP contribution in [0.5, 0.6) is 5.75 Å². The predicted octanol–water partition coefficient (Wildman–Crippen LogP) is 2.35. The Morgan fingerprint density at radius 3 is 2.09 bits per heavy atom. The molecule has 0 amide bonds. The lowest BCUT2D eigenvalue weighted by Crippen LogP contribution is -2.07. The Labute approximate surface area is 130 Å². The predicted molar refractivity (Wildman–Crippen MR) is 78.0 cm³/mol. The van der Waals surface area contributed by atoms with E-state index in [9.17, 15) is 33.8 Å². The molecule has 120 valence electrons. The average Bonchev–Trinajstić information content (AvgIpc) is 2.45. The van der Waals surface area contributed by atoms with Gasteiger partial charge in [0, 0.05) is 6.07 Å². The first-order valence-electron chi connectivity index (χ1n) is 6.12. The summed E-state index contributed by atoms with van der Waals surface area (Å²) in [7, 11) is -4.42. The van der Waals surface area contributed by atoms with Gasteiger partial charge < -0.3 is 5.11 Å². The minimum Gasteiger partial charge on any atom is -0.507 e. The van der Waals surface area contributed by atoms with Crippen molar-refractivity contribution in [3.8, 4) is 5.75 Å². The zero-order valence-electron chi connectivity index (χ0n) is 11.7. The molecule has 0 fully saturated rings. The van der Waals surface area contributed by atoms with Crippen molar-refractivity contribution in [3.05, 3.63) is 62.2 Å². The molecule has 0 atom stereocenters. The Morgan fingerprint density at radius 2 is 1.57 bits per heavy atom. The van der Waals surface area contributed by atoms with Gasteiger partial charge >= 0.3 is 0 Å². The third-order valence-corrected chi connectivity index (χ3v) is 4.89. The van der Waals surface area contributed by atoms with Crippen LogP contribution >= 0.6 is 0 Å². The van der Waals surface area contributed by atoms with Gasteiger partial charge in [-0.1, -0.05) is 6.07 Å². The fraction of sp³-hybridized carbons (Fsp3) is 0.0769. The maximum Gasteiger partial charge on any atom is 0.295 e. The lowest BCUT2D eigenvalue weighted by molar-refractivity contribution is -0.396. The molecular weight excluding hydrogens is 328 g/mol. The van der Waals surface area contributed by atoms with Crippen LogP contribution in [-0.4, -0.2) is 23.4 Å². The zero-order chi connectivity index (χ0) is 17.4. The van der Waals surface area contributed by atoms with Crippen LogP contribution < -0.4 is 0 Å². The van der Waals surface area contributed by atoms with Crippen molar-refractivity contribution in [2.45, 2.75) is 16.7 Å². The van der Waals surface area contributed by atoms with Crippen LogP contribution in [0.15, 0.2) is 46.2 Å². The number of rotatable bonds is 4. The van der Waals surface area contributed by atoms with E-state index < -0.39 is 46.6 Å². The number of aromatic hydroxyl groups is 1. The third-order valence-electron chi connectivity index (χ3n) is 3.04. The Hall–Kier alpha value is -3.01. The largest absolute Gasteiger partial charge is 0.507 e. The highest BCUT2D eigenvalue weighted by Gasteiger charge is 2.31. The number of nitrogens with zero attached hydrogens (tertiary/aromatic N) is 2. The minimum absolute atomic E-state index is 0.514. The minimum atomic E-state index is -4.42. The van der Waals surface area contributed by atoms with Crippen LogP contribution in [0.1, 0.15) is 5.56 Å². The normalized spacial score (nSPS) is 11.2. The molecular formula is C13H10N2O7S. The SMILES string of the molecule is Cc1ccc(S(=O)(=O)c2ccc([N+](=O)[O-])cc2[N+](=O)[O-])c(O)c1. The molecule has 2 aromatic carbocycles. The average molecular weight is 338 g/mol. The van der Waals surface area contributed by atoms with E-state index in [1.807, 2.05) is 0 Å². The van der Waals surface area contributed by atoms with E-state index in [2.05, 4.69) is 0 Å². The van der Waals surface area contributed by atoms with Crippen LogP contribution in [0.2, 0.25) is 0 Å². The molecule has 0 saturated carbocycles. The summed E-state index contributed by atoms with van der Waals surface area (Å²) in [5.41, 5.74) is -0.942. The van der Waals surface area contributed by atoms with Crippen LogP contribution in [0.4, 0.5) is 11.4 Å². The molecule has 0 heterocycles. The molecule has 0 saturated heterocycles. The molecule has 1 N–H and O–H groups in total. The van der Waals surface area contributed by atoms with Crippen LogP contribution in [-0.2, 0) is 9.84 Å². The highest BCUT2D eigenvalue weighted by Crippen LogP contribution is 2.35. The van der Waals surface area contributed by atoms with Gasteiger partial charge in [-0.15, -0.1) is 0 Å². The highest BCUT2D eigenvalue weighted by atomic mass is 32.2. The molecule has 2 rings (SSSR count). The van der Waals surface area contributed by atoms with E-state index >= 15 is 0 Å². The molecule has 0 bridgehead atoms. The van der Waals surface area contributed by atoms with Gasteiger partial charge in [0.25, 0.3) is 11.4 Å². The molecule has 0 aromatic heterocycles. The van der Waals surface area contributed by atoms with Gasteiger partial charge in [0.15, 0.2) is 0 Å². The summed E-state index contributed by atoms with van der Waals surface area (Å²) in [6.07, 6.45) is 0. The Morgan fingerprint density at radius 1 is 0.957 bits per heavy atom. The number of sulfone groups is 1. The van der Waals surface area contributed by atoms with Gasteiger partial charge in [0.1, 0.15) is 15.5 Å². The van der Waals surface area contributed by atoms with Crippen molar-refractivity contribution in [2.75, 3.05) is 0 Å². The molecule has 0 aliphatic rings. The molecule has 0 radical (unpaired) electrons. The Bertz CT molecular complexity index is 922. The maximum atomic E-state index is 12.5. The number of phenolic OH excluding ortho intramolecular Hbond substituents is 1. The van der Waals surface area contributed by atoms with Crippen molar-refractivity contribution in [2.24, 2.45) is 0 Å². The van der Waals surface area contributed by atoms with Crippen molar-refractivity contribution in [1.82, 2.24) is 0 Å². The van der Waals surface area contributed by atoms with E-state index in [-0.39, 0.29) is 0 Å². The Kier molecular flexibility index (Phi) is 4.02. The summed E-state index contributed by atoms with van der Waals surface area (Å²) in [5, 5.41) is 31.6. The maximum absolute atomic E-state index is 12.5. The molecule has 0 unspecified atom stereocenters. The number of non-ortho nitro benzene ring substituents is 1. The van der Waals surface area contributed by atoms with Gasteiger partial charge in [-0.25, -0.2) is 8.42 Å². The topological polar surface area (TPSA) is 141 Å². The summed E-state index contributed by atoms with van der Waals surface area (Å²) in [6, 6.07) is 5.94. The Balaban J connectivity index is 2.73. The van der Waals surface area contributed by atoms with Gasteiger partial charge in [0.05, 0.1) is 15.9 Å². The first-order chi connectivity index (χ1) is 10.6. The zero-order valence-corrected chi connectivity index (χ0v) is 12.5. The number of benzene rings is 2. The number of hydrogen-bond acceptors (Lipinski definition) is 7. The smallest absolute Gasteiger partial charge is 0.295 e. The van der Waals surface area contributed by atoms with Crippen molar-refractivity contribution in [3.63, 3.8) is 0 Å². The molecule has 10 heteroatoms.